The largest absolute Gasteiger partial charge is 0.147 e. The quantitative estimate of drug-likeness (QED) is 0.267. The van der Waals surface area contributed by atoms with Crippen LogP contribution in [-0.2, 0) is 20.4 Å². The van der Waals surface area contributed by atoms with Crippen molar-refractivity contribution in [2.75, 3.05) is 0 Å². The van der Waals surface area contributed by atoms with E-state index in [9.17, 15) is 0 Å². The zero-order valence-corrected chi connectivity index (χ0v) is 18.3. The van der Waals surface area contributed by atoms with Gasteiger partial charge in [0.1, 0.15) is 0 Å². The molecule has 129 valence electrons. The van der Waals surface area contributed by atoms with E-state index in [0.717, 1.165) is 0 Å². The molecule has 0 spiro atoms. The summed E-state index contributed by atoms with van der Waals surface area (Å²) in [5.74, 6) is 0. The average molecular weight is 414 g/mol. The van der Waals surface area contributed by atoms with Crippen LogP contribution in [0.15, 0.2) is 54.6 Å². The normalized spacial score (nSPS) is 10.2. The Bertz CT molecular complexity index is 1080. The van der Waals surface area contributed by atoms with Gasteiger partial charge in [0, 0.05) is 0 Å². The van der Waals surface area contributed by atoms with E-state index < -0.39 is 0 Å². The summed E-state index contributed by atoms with van der Waals surface area (Å²) >= 11 is 2.17. The van der Waals surface area contributed by atoms with Gasteiger partial charge < -0.3 is 0 Å². The third-order valence-corrected chi connectivity index (χ3v) is 5.28. The first-order chi connectivity index (χ1) is 11.5. The maximum absolute atomic E-state index is 2.33. The first kappa shape index (κ1) is 21.2. The second-order valence-electron chi connectivity index (χ2n) is 6.68. The molecule has 0 N–H and O–H groups in total. The predicted octanol–water partition coefficient (Wildman–Crippen LogP) is 5.94. The molecule has 0 aliphatic heterocycles. The smallest absolute Gasteiger partial charge is 0.147 e. The summed E-state index contributed by atoms with van der Waals surface area (Å²) < 4.78 is 1.31. The van der Waals surface area contributed by atoms with Gasteiger partial charge in [-0.25, -0.2) is 0 Å². The molecule has 26 heavy (non-hydrogen) atoms. The molecule has 4 rings (SSSR count). The zero-order valence-electron chi connectivity index (χ0n) is 15.1. The van der Waals surface area contributed by atoms with E-state index in [1.807, 2.05) is 0 Å². The van der Waals surface area contributed by atoms with Gasteiger partial charge in [0.05, 0.1) is 0 Å². The van der Waals surface area contributed by atoms with Gasteiger partial charge in [-0.3, -0.25) is 0 Å². The Hall–Kier alpha value is -1.11. The van der Waals surface area contributed by atoms with Crippen LogP contribution in [0.1, 0.15) is 16.7 Å². The molecule has 0 aliphatic rings. The average Bonchev–Trinajstić information content (AvgIpc) is 2.53. The summed E-state index contributed by atoms with van der Waals surface area (Å²) in [6.07, 6.45) is 0. The second-order valence-corrected chi connectivity index (χ2v) is 7.58. The predicted molar refractivity (Wildman–Crippen MR) is 117 cm³/mol. The van der Waals surface area contributed by atoms with E-state index in [1.165, 1.54) is 53.0 Å². The molecule has 4 heteroatoms. The molecule has 0 saturated heterocycles. The summed E-state index contributed by atoms with van der Waals surface area (Å²) in [5, 5.41) is 5.31. The van der Waals surface area contributed by atoms with Gasteiger partial charge in [-0.2, -0.15) is 0 Å². The third kappa shape index (κ3) is 3.64. The Morgan fingerprint density at radius 2 is 1.38 bits per heavy atom. The minimum Gasteiger partial charge on any atom is -0.147 e. The van der Waals surface area contributed by atoms with Gasteiger partial charge in [0.2, 0.25) is 0 Å². The van der Waals surface area contributed by atoms with Crippen LogP contribution in [0.2, 0.25) is 0 Å². The van der Waals surface area contributed by atoms with Gasteiger partial charge in [0.15, 0.2) is 0 Å². The van der Waals surface area contributed by atoms with Crippen molar-refractivity contribution in [1.29, 1.82) is 0 Å². The monoisotopic (exact) mass is 413 g/mol. The van der Waals surface area contributed by atoms with Gasteiger partial charge in [0.25, 0.3) is 0 Å². The molecule has 1 heterocycles. The summed E-state index contributed by atoms with van der Waals surface area (Å²) in [6.45, 7) is 8.97. The second kappa shape index (κ2) is 8.28. The van der Waals surface area contributed by atoms with Crippen LogP contribution in [0.3, 0.4) is 0 Å². The fourth-order valence-corrected chi connectivity index (χ4v) is 4.26. The topological polar surface area (TPSA) is 0 Å². The number of hydrogen-bond acceptors (Lipinski definition) is 0. The minimum absolute atomic E-state index is 0. The molecule has 0 unspecified atom stereocenters. The minimum atomic E-state index is 0. The number of benzene rings is 3. The molecule has 3 aromatic carbocycles. The van der Waals surface area contributed by atoms with Crippen molar-refractivity contribution in [3.8, 4) is 11.1 Å². The van der Waals surface area contributed by atoms with Crippen molar-refractivity contribution in [1.82, 2.24) is 0 Å². The maximum Gasteiger partial charge on any atom is -0.147 e. The van der Waals surface area contributed by atoms with Crippen LogP contribution < -0.4 is 3.76 Å². The molecule has 0 amide bonds. The molecule has 0 atom stereocenters. The third-order valence-electron chi connectivity index (χ3n) is 4.79. The number of fused-ring (bicyclic) bond motifs is 2. The zero-order chi connectivity index (χ0) is 16.8. The van der Waals surface area contributed by atoms with Crippen molar-refractivity contribution in [3.63, 3.8) is 0 Å². The van der Waals surface area contributed by atoms with E-state index in [1.54, 1.807) is 0 Å². The molecule has 0 bridgehead atoms. The van der Waals surface area contributed by atoms with Crippen LogP contribution in [0.25, 0.3) is 32.6 Å². The molecule has 0 nitrogen and oxygen atoms in total. The van der Waals surface area contributed by atoms with Crippen LogP contribution in [0.5, 0.6) is 0 Å². The molecule has 1 aromatic heterocycles. The van der Waals surface area contributed by atoms with Crippen LogP contribution >= 0.6 is 24.8 Å². The first-order valence-corrected chi connectivity index (χ1v) is 9.08. The van der Waals surface area contributed by atoms with E-state index >= 15 is 0 Å². The molecule has 4 aromatic rings. The van der Waals surface area contributed by atoms with Crippen molar-refractivity contribution >= 4 is 56.9 Å². The fraction of sp³-hybridized carbons (Fsp3) is 0.136. The Labute approximate surface area is 179 Å². The van der Waals surface area contributed by atoms with Crippen LogP contribution in [0, 0.1) is 20.8 Å². The van der Waals surface area contributed by atoms with Crippen molar-refractivity contribution < 1.29 is 20.4 Å². The summed E-state index contributed by atoms with van der Waals surface area (Å²) in [5.41, 5.74) is 6.79. The molecule has 0 saturated carbocycles. The van der Waals surface area contributed by atoms with Crippen LogP contribution in [-0.4, -0.2) is 6.91 Å². The number of hydrogen-bond donors (Lipinski definition) is 0. The van der Waals surface area contributed by atoms with Gasteiger partial charge in [-0.05, 0) is 0 Å². The maximum atomic E-state index is 2.33. The summed E-state index contributed by atoms with van der Waals surface area (Å²) in [4.78, 5) is 0. The van der Waals surface area contributed by atoms with Gasteiger partial charge >= 0.3 is 156 Å². The summed E-state index contributed by atoms with van der Waals surface area (Å²) in [6, 6.07) is 20.1. The van der Waals surface area contributed by atoms with E-state index in [0.29, 0.717) is 0 Å². The summed E-state index contributed by atoms with van der Waals surface area (Å²) in [7, 11) is 0. The van der Waals surface area contributed by atoms with Crippen LogP contribution in [0.4, 0.5) is 0 Å². The molecular weight excluding hydrogens is 394 g/mol. The molecule has 0 fully saturated rings. The number of rotatable bonds is 1. The standard InChI is InChI=1S/C22H18B.2ClH.Ti/c1-14-11-15(2)20(16(3)12-14)21-19-9-5-4-7-17(19)13-18-8-6-10-23-22(18)21;;;/h4-9,11-13H,1-3H3;2*1H;. The number of halogens is 2. The molecule has 0 radical (unpaired) electrons. The van der Waals surface area contributed by atoms with Gasteiger partial charge in [-0.15, -0.1) is 24.8 Å². The Kier molecular flexibility index (Phi) is 6.75. The Morgan fingerprint density at radius 1 is 0.731 bits per heavy atom. The van der Waals surface area contributed by atoms with Crippen molar-refractivity contribution in [2.24, 2.45) is 0 Å². The molecular formula is C22H20BCl2Ti. The van der Waals surface area contributed by atoms with E-state index in [2.05, 4.69) is 103 Å². The van der Waals surface area contributed by atoms with E-state index in [4.69, 9.17) is 0 Å². The number of aryl methyl sites for hydroxylation is 3. The SMILES string of the molecule is Cc1cc(C)c(-c2c3b[c]([Ti])ccc3cc3ccccc23)c(C)c1.Cl.Cl. The van der Waals surface area contributed by atoms with Crippen molar-refractivity contribution in [2.45, 2.75) is 20.8 Å². The van der Waals surface area contributed by atoms with E-state index in [-0.39, 0.29) is 24.8 Å². The van der Waals surface area contributed by atoms with Gasteiger partial charge in [-0.1, -0.05) is 0 Å². The first-order valence-electron chi connectivity index (χ1n) is 8.30. The Balaban J connectivity index is 0.00000121. The fourth-order valence-electron chi connectivity index (χ4n) is 3.91. The van der Waals surface area contributed by atoms with Crippen molar-refractivity contribution in [3.05, 3.63) is 71.3 Å². The molecule has 0 aliphatic carbocycles. The Morgan fingerprint density at radius 3 is 2.08 bits per heavy atom.